The standard InChI is InChI=1S/C25H25F3N2O2/c26-18-3-6-22(28)17(12-18)2-1-10-29-20-5-8-25(32-15-20)24(31)13-16-9-11-30-23-7-4-19(27)14-21(16)23/h1-4,6-7,9,11-12,14,20,24-25,29,31H,5,8,10,13,15H2/t20-,24?,25+/m1/s1. The van der Waals surface area contributed by atoms with Crippen LogP contribution < -0.4 is 5.32 Å². The monoisotopic (exact) mass is 442 g/mol. The number of hydrogen-bond donors (Lipinski definition) is 2. The summed E-state index contributed by atoms with van der Waals surface area (Å²) in [6.07, 6.45) is 5.78. The van der Waals surface area contributed by atoms with Crippen molar-refractivity contribution < 1.29 is 23.0 Å². The summed E-state index contributed by atoms with van der Waals surface area (Å²) in [6.45, 7) is 0.932. The minimum atomic E-state index is -0.708. The number of nitrogens with zero attached hydrogens (tertiary/aromatic N) is 1. The van der Waals surface area contributed by atoms with E-state index in [1.165, 1.54) is 12.1 Å². The van der Waals surface area contributed by atoms with Gasteiger partial charge < -0.3 is 15.2 Å². The highest BCUT2D eigenvalue weighted by molar-refractivity contribution is 5.82. The van der Waals surface area contributed by atoms with Crippen LogP contribution in [0.25, 0.3) is 17.0 Å². The molecule has 2 N–H and O–H groups in total. The number of pyridine rings is 1. The van der Waals surface area contributed by atoms with E-state index in [-0.39, 0.29) is 23.5 Å². The lowest BCUT2D eigenvalue weighted by Gasteiger charge is -2.32. The van der Waals surface area contributed by atoms with Crippen LogP contribution in [0.2, 0.25) is 0 Å². The zero-order valence-electron chi connectivity index (χ0n) is 17.5. The maximum absolute atomic E-state index is 13.7. The molecule has 0 amide bonds. The van der Waals surface area contributed by atoms with Crippen LogP contribution in [0.5, 0.6) is 0 Å². The van der Waals surface area contributed by atoms with Gasteiger partial charge in [0.05, 0.1) is 24.3 Å². The predicted molar refractivity (Wildman–Crippen MR) is 118 cm³/mol. The van der Waals surface area contributed by atoms with Crippen molar-refractivity contribution in [2.45, 2.75) is 37.5 Å². The summed E-state index contributed by atoms with van der Waals surface area (Å²) in [7, 11) is 0. The lowest BCUT2D eigenvalue weighted by molar-refractivity contribution is -0.0711. The first-order valence-electron chi connectivity index (χ1n) is 10.7. The third kappa shape index (κ3) is 5.54. The minimum absolute atomic E-state index is 0.108. The van der Waals surface area contributed by atoms with Crippen LogP contribution in [-0.2, 0) is 11.2 Å². The minimum Gasteiger partial charge on any atom is -0.390 e. The summed E-state index contributed by atoms with van der Waals surface area (Å²) >= 11 is 0. The van der Waals surface area contributed by atoms with Crippen LogP contribution in [0.4, 0.5) is 13.2 Å². The van der Waals surface area contributed by atoms with Crippen molar-refractivity contribution in [1.82, 2.24) is 10.3 Å². The maximum atomic E-state index is 13.7. The molecular formula is C25H25F3N2O2. The van der Waals surface area contributed by atoms with E-state index in [1.807, 2.05) is 0 Å². The van der Waals surface area contributed by atoms with Crippen LogP contribution >= 0.6 is 0 Å². The van der Waals surface area contributed by atoms with Crippen molar-refractivity contribution in [3.63, 3.8) is 0 Å². The molecule has 2 heterocycles. The van der Waals surface area contributed by atoms with Gasteiger partial charge in [-0.05, 0) is 60.9 Å². The molecule has 7 heteroatoms. The number of nitrogens with one attached hydrogen (secondary N) is 1. The fourth-order valence-electron chi connectivity index (χ4n) is 4.01. The molecule has 1 aliphatic rings. The second kappa shape index (κ2) is 10.3. The Morgan fingerprint density at radius 3 is 2.72 bits per heavy atom. The zero-order chi connectivity index (χ0) is 22.5. The molecule has 2 aromatic carbocycles. The molecule has 1 saturated heterocycles. The summed E-state index contributed by atoms with van der Waals surface area (Å²) in [5.41, 5.74) is 1.73. The molecule has 168 valence electrons. The van der Waals surface area contributed by atoms with E-state index < -0.39 is 17.7 Å². The quantitative estimate of drug-likeness (QED) is 0.569. The molecule has 4 nitrogen and oxygen atoms in total. The molecule has 0 radical (unpaired) electrons. The lowest BCUT2D eigenvalue weighted by Crippen LogP contribution is -2.44. The van der Waals surface area contributed by atoms with Gasteiger partial charge in [-0.3, -0.25) is 4.98 Å². The largest absolute Gasteiger partial charge is 0.390 e. The molecule has 1 aromatic heterocycles. The number of benzene rings is 2. The topological polar surface area (TPSA) is 54.4 Å². The van der Waals surface area contributed by atoms with E-state index in [1.54, 1.807) is 30.5 Å². The Balaban J connectivity index is 1.26. The normalized spacial score (nSPS) is 20.1. The average molecular weight is 442 g/mol. The van der Waals surface area contributed by atoms with E-state index in [2.05, 4.69) is 10.3 Å². The fraction of sp³-hybridized carbons (Fsp3) is 0.320. The molecule has 0 bridgehead atoms. The third-order valence-electron chi connectivity index (χ3n) is 5.74. The summed E-state index contributed by atoms with van der Waals surface area (Å²) in [4.78, 5) is 4.24. The van der Waals surface area contributed by atoms with Gasteiger partial charge in [-0.15, -0.1) is 0 Å². The van der Waals surface area contributed by atoms with Crippen molar-refractivity contribution in [3.05, 3.63) is 83.3 Å². The predicted octanol–water partition coefficient (Wildman–Crippen LogP) is 4.41. The van der Waals surface area contributed by atoms with E-state index in [9.17, 15) is 18.3 Å². The fourth-order valence-corrected chi connectivity index (χ4v) is 4.01. The van der Waals surface area contributed by atoms with Gasteiger partial charge in [-0.2, -0.15) is 0 Å². The van der Waals surface area contributed by atoms with Gasteiger partial charge >= 0.3 is 0 Å². The Morgan fingerprint density at radius 2 is 1.91 bits per heavy atom. The first-order valence-corrected chi connectivity index (χ1v) is 10.7. The third-order valence-corrected chi connectivity index (χ3v) is 5.74. The number of fused-ring (bicyclic) bond motifs is 1. The highest BCUT2D eigenvalue weighted by Crippen LogP contribution is 2.23. The molecule has 1 aliphatic heterocycles. The molecule has 0 aliphatic carbocycles. The van der Waals surface area contributed by atoms with Crippen molar-refractivity contribution in [2.24, 2.45) is 0 Å². The summed E-state index contributed by atoms with van der Waals surface area (Å²) < 4.78 is 46.4. The molecule has 4 rings (SSSR count). The second-order valence-electron chi connectivity index (χ2n) is 8.03. The number of hydrogen-bond acceptors (Lipinski definition) is 4. The van der Waals surface area contributed by atoms with E-state index in [0.717, 1.165) is 30.2 Å². The van der Waals surface area contributed by atoms with E-state index in [0.29, 0.717) is 36.9 Å². The van der Waals surface area contributed by atoms with Gasteiger partial charge in [0.2, 0.25) is 0 Å². The lowest BCUT2D eigenvalue weighted by atomic mass is 9.95. The molecule has 32 heavy (non-hydrogen) atoms. The summed E-state index contributed by atoms with van der Waals surface area (Å²) in [6, 6.07) is 9.69. The Bertz CT molecular complexity index is 1100. The highest BCUT2D eigenvalue weighted by atomic mass is 19.1. The van der Waals surface area contributed by atoms with E-state index in [4.69, 9.17) is 4.74 Å². The van der Waals surface area contributed by atoms with Crippen molar-refractivity contribution >= 4 is 17.0 Å². The van der Waals surface area contributed by atoms with Gasteiger partial charge in [0.25, 0.3) is 0 Å². The summed E-state index contributed by atoms with van der Waals surface area (Å²) in [5.74, 6) is -1.28. The molecule has 0 saturated carbocycles. The van der Waals surface area contributed by atoms with Gasteiger partial charge in [-0.25, -0.2) is 13.2 Å². The average Bonchev–Trinajstić information content (AvgIpc) is 2.79. The number of aliphatic hydroxyl groups is 1. The first-order chi connectivity index (χ1) is 15.5. The molecule has 3 atom stereocenters. The second-order valence-corrected chi connectivity index (χ2v) is 8.03. The van der Waals surface area contributed by atoms with Gasteiger partial charge in [0.1, 0.15) is 17.5 Å². The number of rotatable bonds is 7. The Kier molecular flexibility index (Phi) is 7.19. The van der Waals surface area contributed by atoms with Crippen LogP contribution in [0, 0.1) is 17.5 Å². The van der Waals surface area contributed by atoms with Crippen LogP contribution in [-0.4, -0.2) is 41.5 Å². The SMILES string of the molecule is OC(Cc1ccnc2ccc(F)cc12)[C@@H]1CC[C@@H](NCC=Cc2cc(F)ccc2F)CO1. The maximum Gasteiger partial charge on any atom is 0.130 e. The highest BCUT2D eigenvalue weighted by Gasteiger charge is 2.27. The number of aromatic nitrogens is 1. The molecule has 3 aromatic rings. The molecule has 1 unspecified atom stereocenters. The van der Waals surface area contributed by atoms with Gasteiger partial charge in [0, 0.05) is 36.2 Å². The molecule has 0 spiro atoms. The Morgan fingerprint density at radius 1 is 1.09 bits per heavy atom. The van der Waals surface area contributed by atoms with Crippen molar-refractivity contribution in [3.8, 4) is 0 Å². The first kappa shape index (κ1) is 22.5. The van der Waals surface area contributed by atoms with E-state index >= 15 is 0 Å². The van der Waals surface area contributed by atoms with Gasteiger partial charge in [-0.1, -0.05) is 12.2 Å². The molecule has 1 fully saturated rings. The Labute approximate surface area is 184 Å². The Hall–Kier alpha value is -2.74. The summed E-state index contributed by atoms with van der Waals surface area (Å²) in [5, 5.41) is 14.7. The number of aliphatic hydroxyl groups excluding tert-OH is 1. The number of ether oxygens (including phenoxy) is 1. The van der Waals surface area contributed by atoms with Crippen molar-refractivity contribution in [2.75, 3.05) is 13.2 Å². The zero-order valence-corrected chi connectivity index (χ0v) is 17.5. The number of halogens is 3. The molecular weight excluding hydrogens is 417 g/mol. The van der Waals surface area contributed by atoms with Crippen LogP contribution in [0.1, 0.15) is 24.0 Å². The van der Waals surface area contributed by atoms with Gasteiger partial charge in [0.15, 0.2) is 0 Å². The van der Waals surface area contributed by atoms with Crippen LogP contribution in [0.3, 0.4) is 0 Å². The van der Waals surface area contributed by atoms with Crippen LogP contribution in [0.15, 0.2) is 54.7 Å². The smallest absolute Gasteiger partial charge is 0.130 e. The van der Waals surface area contributed by atoms with Crippen molar-refractivity contribution in [1.29, 1.82) is 0 Å².